The van der Waals surface area contributed by atoms with Crippen LogP contribution in [0.25, 0.3) is 0 Å². The molecule has 0 aromatic heterocycles. The molecule has 0 amide bonds. The topological polar surface area (TPSA) is 43.4 Å². The lowest BCUT2D eigenvalue weighted by atomic mass is 10.3. The first-order valence-corrected chi connectivity index (χ1v) is 14.1. The maximum absolute atomic E-state index is 13.8. The quantitative estimate of drug-likeness (QED) is 0.379. The Kier molecular flexibility index (Phi) is 7.77. The zero-order valence-corrected chi connectivity index (χ0v) is 20.5. The standard InChI is InChI=1S/C24H36O3P2/c1-23(2,3)28(25,21-13-9-7-10-14-21)19-17-27-18-20-29(26,24(4,5)6)22-15-11-8-12-16-22/h7-16H,17-20H2,1-6H3. The van der Waals surface area contributed by atoms with Gasteiger partial charge in [0, 0.05) is 33.2 Å². The molecule has 2 unspecified atom stereocenters. The summed E-state index contributed by atoms with van der Waals surface area (Å²) in [5, 5.41) is 1.15. The molecule has 0 saturated carbocycles. The van der Waals surface area contributed by atoms with Gasteiger partial charge in [0.15, 0.2) is 0 Å². The van der Waals surface area contributed by atoms with E-state index >= 15 is 0 Å². The maximum Gasteiger partial charge on any atom is 0.122 e. The summed E-state index contributed by atoms with van der Waals surface area (Å²) in [4.78, 5) is 0. The minimum absolute atomic E-state index is 0.331. The highest BCUT2D eigenvalue weighted by atomic mass is 31.2. The van der Waals surface area contributed by atoms with Crippen LogP contribution in [0.2, 0.25) is 0 Å². The summed E-state index contributed by atoms with van der Waals surface area (Å²) in [6.45, 7) is 13.0. The van der Waals surface area contributed by atoms with Crippen LogP contribution in [0.3, 0.4) is 0 Å². The molecule has 0 aliphatic rings. The van der Waals surface area contributed by atoms with Gasteiger partial charge in [-0.2, -0.15) is 0 Å². The normalized spacial score (nSPS) is 16.8. The highest BCUT2D eigenvalue weighted by Gasteiger charge is 2.39. The van der Waals surface area contributed by atoms with Gasteiger partial charge in [0.2, 0.25) is 0 Å². The zero-order valence-electron chi connectivity index (χ0n) is 18.7. The lowest BCUT2D eigenvalue weighted by Gasteiger charge is -2.33. The third-order valence-corrected chi connectivity index (χ3v) is 13.8. The van der Waals surface area contributed by atoms with Gasteiger partial charge in [-0.3, -0.25) is 0 Å². The average Bonchev–Trinajstić information content (AvgIpc) is 2.67. The van der Waals surface area contributed by atoms with Crippen LogP contribution in [0.1, 0.15) is 41.5 Å². The van der Waals surface area contributed by atoms with Crippen molar-refractivity contribution in [1.29, 1.82) is 0 Å². The van der Waals surface area contributed by atoms with E-state index in [-0.39, 0.29) is 10.3 Å². The number of benzene rings is 2. The second kappa shape index (κ2) is 9.34. The van der Waals surface area contributed by atoms with Crippen LogP contribution in [0.5, 0.6) is 0 Å². The van der Waals surface area contributed by atoms with Gasteiger partial charge in [-0.05, 0) is 0 Å². The Morgan fingerprint density at radius 2 is 0.931 bits per heavy atom. The Balaban J connectivity index is 2.05. The van der Waals surface area contributed by atoms with Crippen LogP contribution >= 0.6 is 14.3 Å². The third-order valence-electron chi connectivity index (χ3n) is 5.61. The number of ether oxygens (including phenoxy) is 1. The third kappa shape index (κ3) is 5.52. The monoisotopic (exact) mass is 434 g/mol. The highest BCUT2D eigenvalue weighted by Crippen LogP contribution is 2.57. The minimum Gasteiger partial charge on any atom is -0.380 e. The molecule has 0 saturated heterocycles. The predicted octanol–water partition coefficient (Wildman–Crippen LogP) is 5.98. The van der Waals surface area contributed by atoms with E-state index in [0.717, 1.165) is 10.6 Å². The molecule has 0 radical (unpaired) electrons. The fraction of sp³-hybridized carbons (Fsp3) is 0.500. The van der Waals surface area contributed by atoms with Crippen molar-refractivity contribution in [3.8, 4) is 0 Å². The summed E-state index contributed by atoms with van der Waals surface area (Å²) in [5.74, 6) is 0. The summed E-state index contributed by atoms with van der Waals surface area (Å²) in [6.07, 6.45) is 0.983. The van der Waals surface area contributed by atoms with Crippen molar-refractivity contribution in [2.75, 3.05) is 25.5 Å². The maximum atomic E-state index is 13.8. The molecule has 0 aliphatic heterocycles. The summed E-state index contributed by atoms with van der Waals surface area (Å²) in [5.41, 5.74) is 0. The molecule has 0 fully saturated rings. The van der Waals surface area contributed by atoms with Gasteiger partial charge in [-0.1, -0.05) is 102 Å². The molecular weight excluding hydrogens is 398 g/mol. The van der Waals surface area contributed by atoms with Crippen molar-refractivity contribution in [3.05, 3.63) is 60.7 Å². The molecule has 3 nitrogen and oxygen atoms in total. The van der Waals surface area contributed by atoms with E-state index in [2.05, 4.69) is 0 Å². The van der Waals surface area contributed by atoms with E-state index in [1.807, 2.05) is 102 Å². The van der Waals surface area contributed by atoms with Gasteiger partial charge in [0.1, 0.15) is 14.3 Å². The molecule has 0 heterocycles. The van der Waals surface area contributed by atoms with Crippen LogP contribution in [0, 0.1) is 0 Å². The van der Waals surface area contributed by atoms with E-state index in [1.54, 1.807) is 0 Å². The van der Waals surface area contributed by atoms with Gasteiger partial charge in [-0.15, -0.1) is 0 Å². The summed E-state index contributed by atoms with van der Waals surface area (Å²) >= 11 is 0. The van der Waals surface area contributed by atoms with E-state index in [4.69, 9.17) is 4.74 Å². The summed E-state index contributed by atoms with van der Waals surface area (Å²) in [7, 11) is -5.24. The van der Waals surface area contributed by atoms with E-state index < -0.39 is 14.3 Å². The van der Waals surface area contributed by atoms with E-state index in [1.165, 1.54) is 0 Å². The van der Waals surface area contributed by atoms with E-state index in [0.29, 0.717) is 25.5 Å². The van der Waals surface area contributed by atoms with Crippen LogP contribution in [-0.2, 0) is 13.9 Å². The number of hydrogen-bond donors (Lipinski definition) is 0. The predicted molar refractivity (Wildman–Crippen MR) is 127 cm³/mol. The van der Waals surface area contributed by atoms with Crippen molar-refractivity contribution in [3.63, 3.8) is 0 Å². The largest absolute Gasteiger partial charge is 0.380 e. The Labute approximate surface area is 177 Å². The molecule has 0 bridgehead atoms. The number of hydrogen-bond acceptors (Lipinski definition) is 3. The van der Waals surface area contributed by atoms with Gasteiger partial charge < -0.3 is 13.9 Å². The Hall–Kier alpha value is -1.14. The van der Waals surface area contributed by atoms with Gasteiger partial charge >= 0.3 is 0 Å². The van der Waals surface area contributed by atoms with Crippen molar-refractivity contribution in [2.45, 2.75) is 51.9 Å². The van der Waals surface area contributed by atoms with Gasteiger partial charge in [0.25, 0.3) is 0 Å². The molecule has 0 spiro atoms. The number of rotatable bonds is 8. The SMILES string of the molecule is CC(C)(C)P(=O)(CCOCCP(=O)(c1ccccc1)C(C)(C)C)c1ccccc1. The van der Waals surface area contributed by atoms with Gasteiger partial charge in [-0.25, -0.2) is 0 Å². The Morgan fingerprint density at radius 3 is 1.21 bits per heavy atom. The Morgan fingerprint density at radius 1 is 0.621 bits per heavy atom. The lowest BCUT2D eigenvalue weighted by molar-refractivity contribution is 0.164. The fourth-order valence-corrected chi connectivity index (χ4v) is 9.02. The first-order valence-electron chi connectivity index (χ1n) is 10.3. The smallest absolute Gasteiger partial charge is 0.122 e. The molecule has 160 valence electrons. The second-order valence-corrected chi connectivity index (χ2v) is 17.1. The van der Waals surface area contributed by atoms with Gasteiger partial charge in [0.05, 0.1) is 13.2 Å². The lowest BCUT2D eigenvalue weighted by Crippen LogP contribution is -2.28. The fourth-order valence-electron chi connectivity index (χ4n) is 3.53. The molecule has 0 N–H and O–H groups in total. The van der Waals surface area contributed by atoms with Crippen molar-refractivity contribution in [2.24, 2.45) is 0 Å². The minimum atomic E-state index is -2.62. The van der Waals surface area contributed by atoms with Crippen molar-refractivity contribution >= 4 is 24.9 Å². The van der Waals surface area contributed by atoms with Crippen molar-refractivity contribution in [1.82, 2.24) is 0 Å². The molecule has 2 rings (SSSR count). The summed E-state index contributed by atoms with van der Waals surface area (Å²) in [6, 6.07) is 19.5. The van der Waals surface area contributed by atoms with Crippen LogP contribution in [-0.4, -0.2) is 35.8 Å². The van der Waals surface area contributed by atoms with Crippen LogP contribution in [0.4, 0.5) is 0 Å². The molecule has 5 heteroatoms. The average molecular weight is 434 g/mol. The first-order chi connectivity index (χ1) is 13.4. The molecule has 2 aromatic carbocycles. The second-order valence-electron chi connectivity index (χ2n) is 9.55. The molecule has 29 heavy (non-hydrogen) atoms. The molecular formula is C24H36O3P2. The molecule has 2 aromatic rings. The zero-order chi connectivity index (χ0) is 21.8. The van der Waals surface area contributed by atoms with E-state index in [9.17, 15) is 9.13 Å². The highest BCUT2D eigenvalue weighted by molar-refractivity contribution is 7.73. The first kappa shape index (κ1) is 24.1. The molecule has 2 atom stereocenters. The van der Waals surface area contributed by atoms with Crippen molar-refractivity contribution < 1.29 is 13.9 Å². The molecule has 0 aliphatic carbocycles. The Bertz CT molecular complexity index is 789. The van der Waals surface area contributed by atoms with Crippen LogP contribution in [0.15, 0.2) is 60.7 Å². The summed E-state index contributed by atoms with van der Waals surface area (Å²) < 4.78 is 33.6. The van der Waals surface area contributed by atoms with Crippen LogP contribution < -0.4 is 10.6 Å².